The van der Waals surface area contributed by atoms with Crippen molar-refractivity contribution < 1.29 is 23.1 Å². The summed E-state index contributed by atoms with van der Waals surface area (Å²) in [5.74, 6) is -1.12. The molecule has 0 radical (unpaired) electrons. The number of ketones is 1. The predicted molar refractivity (Wildman–Crippen MR) is 110 cm³/mol. The van der Waals surface area contributed by atoms with Crippen molar-refractivity contribution in [2.24, 2.45) is 0 Å². The Hall–Kier alpha value is -2.09. The average Bonchev–Trinajstić information content (AvgIpc) is 2.68. The number of rotatable bonds is 7. The summed E-state index contributed by atoms with van der Waals surface area (Å²) >= 11 is 10.0. The Bertz CT molecular complexity index is 908. The summed E-state index contributed by atoms with van der Waals surface area (Å²) in [6.45, 7) is 3.33. The lowest BCUT2D eigenvalue weighted by molar-refractivity contribution is -0.137. The van der Waals surface area contributed by atoms with Gasteiger partial charge in [-0.1, -0.05) is 29.8 Å². The van der Waals surface area contributed by atoms with E-state index < -0.39 is 21.8 Å². The Morgan fingerprint density at radius 2 is 1.57 bits per heavy atom. The van der Waals surface area contributed by atoms with Crippen molar-refractivity contribution >= 4 is 50.5 Å². The molecule has 0 aliphatic heterocycles. The number of Topliss-reactive ketones (excluding diaryl/α,β-unsaturated/α-hetero) is 1. The number of carboxylic acid groups (broad SMARTS) is 1. The normalized spacial score (nSPS) is 11.7. The first kappa shape index (κ1) is 23.9. The van der Waals surface area contributed by atoms with Gasteiger partial charge in [0.25, 0.3) is 0 Å². The number of aryl methyl sites for hydroxylation is 1. The zero-order chi connectivity index (χ0) is 21.3. The van der Waals surface area contributed by atoms with Crippen LogP contribution in [0.4, 0.5) is 5.69 Å². The SMILES string of the molecule is Cc1ccc(S(=O)(=O)c2ccccc2NC(C)C(=O)O)cc1.O=C(CCl)CCl. The topological polar surface area (TPSA) is 101 Å². The first-order valence-corrected chi connectivity index (χ1v) is 10.7. The molecular formula is C19H21Cl2NO5S. The molecule has 0 spiro atoms. The number of para-hydroxylation sites is 1. The van der Waals surface area contributed by atoms with Gasteiger partial charge < -0.3 is 10.4 Å². The Balaban J connectivity index is 0.000000568. The molecule has 1 atom stereocenters. The second kappa shape index (κ2) is 11.0. The van der Waals surface area contributed by atoms with Crippen LogP contribution in [0.5, 0.6) is 0 Å². The maximum atomic E-state index is 12.7. The predicted octanol–water partition coefficient (Wildman–Crippen LogP) is 3.75. The molecule has 2 N–H and O–H groups in total. The van der Waals surface area contributed by atoms with Crippen LogP contribution in [0, 0.1) is 6.92 Å². The van der Waals surface area contributed by atoms with E-state index in [-0.39, 0.29) is 33.0 Å². The molecular weight excluding hydrogens is 425 g/mol. The van der Waals surface area contributed by atoms with Crippen molar-refractivity contribution in [3.05, 3.63) is 54.1 Å². The Labute approximate surface area is 174 Å². The molecule has 0 bridgehead atoms. The first-order chi connectivity index (χ1) is 13.1. The largest absolute Gasteiger partial charge is 0.480 e. The molecule has 9 heteroatoms. The number of hydrogen-bond acceptors (Lipinski definition) is 5. The molecule has 0 amide bonds. The number of carbonyl (C=O) groups is 2. The number of carboxylic acids is 1. The van der Waals surface area contributed by atoms with Crippen molar-refractivity contribution in [1.29, 1.82) is 0 Å². The van der Waals surface area contributed by atoms with Gasteiger partial charge in [0.05, 0.1) is 27.2 Å². The van der Waals surface area contributed by atoms with Gasteiger partial charge in [-0.05, 0) is 38.1 Å². The molecule has 2 rings (SSSR count). The second-order valence-electron chi connectivity index (χ2n) is 5.82. The van der Waals surface area contributed by atoms with Gasteiger partial charge in [0.1, 0.15) is 6.04 Å². The van der Waals surface area contributed by atoms with E-state index in [2.05, 4.69) is 5.32 Å². The molecule has 28 heavy (non-hydrogen) atoms. The first-order valence-electron chi connectivity index (χ1n) is 8.17. The number of carbonyl (C=O) groups excluding carboxylic acids is 1. The van der Waals surface area contributed by atoms with E-state index in [1.54, 1.807) is 42.5 Å². The van der Waals surface area contributed by atoms with Crippen LogP contribution in [0.2, 0.25) is 0 Å². The molecule has 0 saturated heterocycles. The lowest BCUT2D eigenvalue weighted by Gasteiger charge is -2.15. The number of halogens is 2. The summed E-state index contributed by atoms with van der Waals surface area (Å²) in [5.41, 5.74) is 1.24. The maximum Gasteiger partial charge on any atom is 0.325 e. The van der Waals surface area contributed by atoms with Crippen molar-refractivity contribution in [1.82, 2.24) is 0 Å². The fourth-order valence-corrected chi connectivity index (χ4v) is 3.70. The number of alkyl halides is 2. The van der Waals surface area contributed by atoms with Gasteiger partial charge in [-0.25, -0.2) is 8.42 Å². The molecule has 1 unspecified atom stereocenters. The fourth-order valence-electron chi connectivity index (χ4n) is 2.00. The number of anilines is 1. The van der Waals surface area contributed by atoms with E-state index in [0.29, 0.717) is 0 Å². The van der Waals surface area contributed by atoms with Crippen LogP contribution < -0.4 is 5.32 Å². The van der Waals surface area contributed by atoms with E-state index in [1.807, 2.05) is 6.92 Å². The molecule has 0 aliphatic rings. The van der Waals surface area contributed by atoms with Crippen LogP contribution in [-0.4, -0.2) is 43.1 Å². The molecule has 0 saturated carbocycles. The summed E-state index contributed by atoms with van der Waals surface area (Å²) in [6, 6.07) is 11.9. The fraction of sp³-hybridized carbons (Fsp3) is 0.263. The number of nitrogens with one attached hydrogen (secondary N) is 1. The summed E-state index contributed by atoms with van der Waals surface area (Å²) < 4.78 is 25.5. The highest BCUT2D eigenvalue weighted by Gasteiger charge is 2.22. The van der Waals surface area contributed by atoms with Crippen molar-refractivity contribution in [3.63, 3.8) is 0 Å². The number of hydrogen-bond donors (Lipinski definition) is 2. The third-order valence-electron chi connectivity index (χ3n) is 3.55. The van der Waals surface area contributed by atoms with Crippen molar-refractivity contribution in [3.8, 4) is 0 Å². The molecule has 2 aromatic carbocycles. The van der Waals surface area contributed by atoms with Gasteiger partial charge in [0.15, 0.2) is 5.78 Å². The molecule has 0 aliphatic carbocycles. The third-order valence-corrected chi connectivity index (χ3v) is 5.97. The zero-order valence-electron chi connectivity index (χ0n) is 15.4. The van der Waals surface area contributed by atoms with Gasteiger partial charge in [0.2, 0.25) is 9.84 Å². The summed E-state index contributed by atoms with van der Waals surface area (Å²) in [7, 11) is -3.71. The molecule has 152 valence electrons. The van der Waals surface area contributed by atoms with E-state index in [1.165, 1.54) is 13.0 Å². The zero-order valence-corrected chi connectivity index (χ0v) is 17.7. The minimum Gasteiger partial charge on any atom is -0.480 e. The lowest BCUT2D eigenvalue weighted by Crippen LogP contribution is -2.26. The van der Waals surface area contributed by atoms with Crippen LogP contribution >= 0.6 is 23.2 Å². The second-order valence-corrected chi connectivity index (χ2v) is 8.28. The third kappa shape index (κ3) is 6.82. The summed E-state index contributed by atoms with van der Waals surface area (Å²) in [4.78, 5) is 21.1. The highest BCUT2D eigenvalue weighted by Crippen LogP contribution is 2.28. The van der Waals surface area contributed by atoms with E-state index in [0.717, 1.165) is 5.56 Å². The number of benzene rings is 2. The van der Waals surface area contributed by atoms with Crippen LogP contribution in [-0.2, 0) is 19.4 Å². The molecule has 2 aromatic rings. The van der Waals surface area contributed by atoms with Crippen molar-refractivity contribution in [2.75, 3.05) is 17.1 Å². The highest BCUT2D eigenvalue weighted by atomic mass is 35.5. The van der Waals surface area contributed by atoms with Crippen molar-refractivity contribution in [2.45, 2.75) is 29.7 Å². The smallest absolute Gasteiger partial charge is 0.325 e. The highest BCUT2D eigenvalue weighted by molar-refractivity contribution is 7.91. The van der Waals surface area contributed by atoms with Gasteiger partial charge in [-0.15, -0.1) is 23.2 Å². The maximum absolute atomic E-state index is 12.7. The van der Waals surface area contributed by atoms with E-state index in [9.17, 15) is 18.0 Å². The molecule has 0 heterocycles. The van der Waals surface area contributed by atoms with Gasteiger partial charge in [0, 0.05) is 0 Å². The summed E-state index contributed by atoms with van der Waals surface area (Å²) in [6.07, 6.45) is 0. The standard InChI is InChI=1S/C16H17NO4S.C3H4Cl2O/c1-11-7-9-13(10-8-11)22(20,21)15-6-4-3-5-14(15)17-12(2)16(18)19;4-1-3(6)2-5/h3-10,12,17H,1-2H3,(H,18,19);1-2H2. The Kier molecular flexibility index (Phi) is 9.45. The molecule has 0 aromatic heterocycles. The minimum atomic E-state index is -3.71. The van der Waals surface area contributed by atoms with Crippen LogP contribution in [0.3, 0.4) is 0 Å². The molecule has 0 fully saturated rings. The average molecular weight is 446 g/mol. The Morgan fingerprint density at radius 3 is 2.04 bits per heavy atom. The minimum absolute atomic E-state index is 0.0312. The van der Waals surface area contributed by atoms with Crippen LogP contribution in [0.25, 0.3) is 0 Å². The number of sulfone groups is 1. The lowest BCUT2D eigenvalue weighted by atomic mass is 10.2. The van der Waals surface area contributed by atoms with E-state index in [4.69, 9.17) is 28.3 Å². The van der Waals surface area contributed by atoms with Gasteiger partial charge in [-0.3, -0.25) is 9.59 Å². The summed E-state index contributed by atoms with van der Waals surface area (Å²) in [5, 5.41) is 11.7. The molecule has 6 nitrogen and oxygen atoms in total. The van der Waals surface area contributed by atoms with E-state index >= 15 is 0 Å². The van der Waals surface area contributed by atoms with Gasteiger partial charge >= 0.3 is 5.97 Å². The van der Waals surface area contributed by atoms with Crippen LogP contribution in [0.1, 0.15) is 12.5 Å². The Morgan fingerprint density at radius 1 is 1.04 bits per heavy atom. The number of aliphatic carboxylic acids is 1. The van der Waals surface area contributed by atoms with Gasteiger partial charge in [-0.2, -0.15) is 0 Å². The van der Waals surface area contributed by atoms with Crippen LogP contribution in [0.15, 0.2) is 58.3 Å². The quantitative estimate of drug-likeness (QED) is 0.629. The monoisotopic (exact) mass is 445 g/mol.